The quantitative estimate of drug-likeness (QED) is 0.868. The number of carbonyl (C=O) groups is 1. The summed E-state index contributed by atoms with van der Waals surface area (Å²) in [5, 5.41) is 7.44. The van der Waals surface area contributed by atoms with Crippen LogP contribution in [0.4, 0.5) is 0 Å². The van der Waals surface area contributed by atoms with E-state index in [0.717, 1.165) is 28.5 Å². The monoisotopic (exact) mass is 373 g/mol. The van der Waals surface area contributed by atoms with Crippen molar-refractivity contribution in [3.63, 3.8) is 0 Å². The average molecular weight is 374 g/mol. The van der Waals surface area contributed by atoms with Gasteiger partial charge < -0.3 is 10.6 Å². The van der Waals surface area contributed by atoms with Crippen molar-refractivity contribution in [2.75, 3.05) is 13.1 Å². The summed E-state index contributed by atoms with van der Waals surface area (Å²) in [4.78, 5) is 17.3. The van der Waals surface area contributed by atoms with E-state index < -0.39 is 0 Å². The van der Waals surface area contributed by atoms with Gasteiger partial charge in [0.2, 0.25) is 0 Å². The molecule has 2 N–H and O–H groups in total. The summed E-state index contributed by atoms with van der Waals surface area (Å²) in [6.07, 6.45) is 1.05. The van der Waals surface area contributed by atoms with E-state index in [2.05, 4.69) is 39.9 Å². The van der Waals surface area contributed by atoms with Gasteiger partial charge in [-0.25, -0.2) is 4.98 Å². The third-order valence-electron chi connectivity index (χ3n) is 3.79. The van der Waals surface area contributed by atoms with Gasteiger partial charge in [-0.05, 0) is 37.9 Å². The van der Waals surface area contributed by atoms with E-state index in [0.29, 0.717) is 6.54 Å². The third-order valence-corrected chi connectivity index (χ3v) is 4.86. The summed E-state index contributed by atoms with van der Waals surface area (Å²) in [7, 11) is 0. The summed E-state index contributed by atoms with van der Waals surface area (Å²) in [5.41, 5.74) is 3.48. The number of rotatable bonds is 3. The van der Waals surface area contributed by atoms with E-state index in [1.807, 2.05) is 13.8 Å². The molecular formula is C16H21Cl2N3OS. The highest BCUT2D eigenvalue weighted by molar-refractivity contribution is 7.13. The zero-order chi connectivity index (χ0) is 14.8. The number of thiazole rings is 1. The van der Waals surface area contributed by atoms with Gasteiger partial charge in [0, 0.05) is 12.6 Å². The van der Waals surface area contributed by atoms with Gasteiger partial charge in [0.15, 0.2) is 0 Å². The Hall–Kier alpha value is -1.14. The number of hydrogen-bond donors (Lipinski definition) is 2. The Labute approximate surface area is 152 Å². The van der Waals surface area contributed by atoms with Gasteiger partial charge in [0.05, 0.1) is 10.7 Å². The molecule has 1 amide bonds. The van der Waals surface area contributed by atoms with Crippen LogP contribution in [0.5, 0.6) is 0 Å². The molecule has 0 spiro atoms. The Morgan fingerprint density at radius 1 is 1.35 bits per heavy atom. The first-order chi connectivity index (χ1) is 10.1. The van der Waals surface area contributed by atoms with E-state index in [1.165, 1.54) is 22.5 Å². The second-order valence-corrected chi connectivity index (χ2v) is 6.52. The Kier molecular flexibility index (Phi) is 7.48. The molecular weight excluding hydrogens is 353 g/mol. The number of aryl methyl sites for hydroxylation is 2. The Bertz CT molecular complexity index is 675. The van der Waals surface area contributed by atoms with Gasteiger partial charge in [0.25, 0.3) is 5.91 Å². The first-order valence-corrected chi connectivity index (χ1v) is 8.00. The molecule has 2 heterocycles. The van der Waals surface area contributed by atoms with Crippen LogP contribution in [0.2, 0.25) is 0 Å². The normalized spacial score (nSPS) is 15.8. The van der Waals surface area contributed by atoms with Crippen molar-refractivity contribution in [2.24, 2.45) is 0 Å². The lowest BCUT2D eigenvalue weighted by molar-refractivity contribution is 0.0952. The Balaban J connectivity index is 0.00000132. The van der Waals surface area contributed by atoms with Crippen LogP contribution >= 0.6 is 36.2 Å². The minimum absolute atomic E-state index is 0. The van der Waals surface area contributed by atoms with Gasteiger partial charge >= 0.3 is 0 Å². The average Bonchev–Trinajstić information content (AvgIpc) is 2.83. The Morgan fingerprint density at radius 3 is 2.78 bits per heavy atom. The van der Waals surface area contributed by atoms with Gasteiger partial charge in [-0.1, -0.05) is 24.3 Å². The first kappa shape index (κ1) is 19.9. The summed E-state index contributed by atoms with van der Waals surface area (Å²) in [6, 6.07) is 8.62. The molecule has 4 nitrogen and oxygen atoms in total. The van der Waals surface area contributed by atoms with E-state index in [4.69, 9.17) is 0 Å². The van der Waals surface area contributed by atoms with Crippen molar-refractivity contribution in [2.45, 2.75) is 26.3 Å². The molecule has 0 radical (unpaired) electrons. The summed E-state index contributed by atoms with van der Waals surface area (Å²) in [5.74, 6) is -0.0250. The molecule has 3 rings (SSSR count). The number of nitrogens with one attached hydrogen (secondary N) is 2. The zero-order valence-corrected chi connectivity index (χ0v) is 15.5. The maximum Gasteiger partial charge on any atom is 0.263 e. The molecule has 126 valence electrons. The second kappa shape index (κ2) is 8.64. The van der Waals surface area contributed by atoms with Crippen molar-refractivity contribution in [1.82, 2.24) is 15.6 Å². The first-order valence-electron chi connectivity index (χ1n) is 7.18. The largest absolute Gasteiger partial charge is 0.349 e. The third kappa shape index (κ3) is 4.44. The number of aromatic nitrogens is 1. The van der Waals surface area contributed by atoms with Gasteiger partial charge in [-0.3, -0.25) is 4.79 Å². The highest BCUT2D eigenvalue weighted by Crippen LogP contribution is 2.22. The fourth-order valence-corrected chi connectivity index (χ4v) is 3.63. The molecule has 2 aromatic rings. The lowest BCUT2D eigenvalue weighted by Crippen LogP contribution is -2.38. The molecule has 7 heteroatoms. The van der Waals surface area contributed by atoms with E-state index >= 15 is 0 Å². The fourth-order valence-electron chi connectivity index (χ4n) is 2.79. The van der Waals surface area contributed by atoms with Crippen LogP contribution in [-0.4, -0.2) is 24.0 Å². The van der Waals surface area contributed by atoms with E-state index in [1.54, 1.807) is 0 Å². The smallest absolute Gasteiger partial charge is 0.263 e. The predicted octanol–water partition coefficient (Wildman–Crippen LogP) is 3.22. The molecule has 0 fully saturated rings. The van der Waals surface area contributed by atoms with Crippen molar-refractivity contribution in [3.8, 4) is 0 Å². The van der Waals surface area contributed by atoms with Crippen LogP contribution < -0.4 is 10.6 Å². The number of fused-ring (bicyclic) bond motifs is 1. The minimum Gasteiger partial charge on any atom is -0.349 e. The number of halogens is 2. The maximum absolute atomic E-state index is 12.3. The molecule has 0 aliphatic carbocycles. The van der Waals surface area contributed by atoms with Gasteiger partial charge in [-0.2, -0.15) is 0 Å². The lowest BCUT2D eigenvalue weighted by Gasteiger charge is -2.27. The number of amides is 1. The van der Waals surface area contributed by atoms with Gasteiger partial charge in [-0.15, -0.1) is 36.2 Å². The van der Waals surface area contributed by atoms with E-state index in [9.17, 15) is 4.79 Å². The minimum atomic E-state index is -0.0250. The van der Waals surface area contributed by atoms with Crippen LogP contribution in [0.3, 0.4) is 0 Å². The summed E-state index contributed by atoms with van der Waals surface area (Å²) < 4.78 is 0. The van der Waals surface area contributed by atoms with Crippen molar-refractivity contribution < 1.29 is 4.79 Å². The van der Waals surface area contributed by atoms with Crippen molar-refractivity contribution in [1.29, 1.82) is 0 Å². The molecule has 1 aliphatic rings. The molecule has 1 aliphatic heterocycles. The van der Waals surface area contributed by atoms with Crippen LogP contribution in [0.15, 0.2) is 24.3 Å². The molecule has 23 heavy (non-hydrogen) atoms. The zero-order valence-electron chi connectivity index (χ0n) is 13.1. The van der Waals surface area contributed by atoms with E-state index in [-0.39, 0.29) is 36.8 Å². The number of carbonyl (C=O) groups excluding carboxylic acids is 1. The SMILES string of the molecule is Cc1nc(C)c(C(=O)NCC2NCCc3ccccc32)s1.Cl.Cl. The predicted molar refractivity (Wildman–Crippen MR) is 99.3 cm³/mol. The number of hydrogen-bond acceptors (Lipinski definition) is 4. The van der Waals surface area contributed by atoms with Crippen LogP contribution in [0.25, 0.3) is 0 Å². The highest BCUT2D eigenvalue weighted by atomic mass is 35.5. The topological polar surface area (TPSA) is 54.0 Å². The van der Waals surface area contributed by atoms with Crippen LogP contribution in [0.1, 0.15) is 37.5 Å². The molecule has 1 aromatic carbocycles. The van der Waals surface area contributed by atoms with Crippen LogP contribution in [0, 0.1) is 13.8 Å². The maximum atomic E-state index is 12.3. The molecule has 0 saturated carbocycles. The Morgan fingerprint density at radius 2 is 2.09 bits per heavy atom. The number of nitrogens with zero attached hydrogens (tertiary/aromatic N) is 1. The van der Waals surface area contributed by atoms with Crippen molar-refractivity contribution >= 4 is 42.1 Å². The molecule has 1 aromatic heterocycles. The van der Waals surface area contributed by atoms with Gasteiger partial charge in [0.1, 0.15) is 4.88 Å². The fraction of sp³-hybridized carbons (Fsp3) is 0.375. The molecule has 1 atom stereocenters. The molecule has 1 unspecified atom stereocenters. The lowest BCUT2D eigenvalue weighted by atomic mass is 9.94. The number of benzene rings is 1. The summed E-state index contributed by atoms with van der Waals surface area (Å²) >= 11 is 1.45. The van der Waals surface area contributed by atoms with Crippen molar-refractivity contribution in [3.05, 3.63) is 51.0 Å². The van der Waals surface area contributed by atoms with Crippen LogP contribution in [-0.2, 0) is 6.42 Å². The second-order valence-electron chi connectivity index (χ2n) is 5.31. The molecule has 0 saturated heterocycles. The molecule has 0 bridgehead atoms. The highest BCUT2D eigenvalue weighted by Gasteiger charge is 2.21. The standard InChI is InChI=1S/C16H19N3OS.2ClH/c1-10-15(21-11(2)19-10)16(20)18-9-14-13-6-4-3-5-12(13)7-8-17-14;;/h3-6,14,17H,7-9H2,1-2H3,(H,18,20);2*1H. The summed E-state index contributed by atoms with van der Waals surface area (Å²) in [6.45, 7) is 5.36.